The van der Waals surface area contributed by atoms with E-state index >= 15 is 0 Å². The molecule has 2 aliphatic rings. The van der Waals surface area contributed by atoms with E-state index in [-0.39, 0.29) is 18.0 Å². The van der Waals surface area contributed by atoms with Gasteiger partial charge in [0.05, 0.1) is 11.7 Å². The Morgan fingerprint density at radius 2 is 2.03 bits per heavy atom. The number of carbonyl (C=O) groups excluding carboxylic acids is 1. The fraction of sp³-hybridized carbons (Fsp3) is 0.333. The minimum absolute atomic E-state index is 0.0952. The van der Waals surface area contributed by atoms with Gasteiger partial charge in [-0.25, -0.2) is 4.98 Å². The molecule has 1 saturated heterocycles. The highest BCUT2D eigenvalue weighted by molar-refractivity contribution is 5.93. The Hall–Kier alpha value is -4.28. The van der Waals surface area contributed by atoms with Crippen molar-refractivity contribution in [2.75, 3.05) is 16.8 Å². The summed E-state index contributed by atoms with van der Waals surface area (Å²) in [5, 5.41) is 17.6. The fourth-order valence-electron chi connectivity index (χ4n) is 4.23. The van der Waals surface area contributed by atoms with Gasteiger partial charge in [0.15, 0.2) is 11.6 Å². The Kier molecular flexibility index (Phi) is 5.36. The van der Waals surface area contributed by atoms with E-state index in [0.29, 0.717) is 29.0 Å². The molecule has 11 nitrogen and oxygen atoms in total. The predicted octanol–water partition coefficient (Wildman–Crippen LogP) is 3.54. The Morgan fingerprint density at radius 1 is 1.11 bits per heavy atom. The van der Waals surface area contributed by atoms with Crippen molar-refractivity contribution >= 4 is 23.5 Å². The first-order chi connectivity index (χ1) is 17.1. The van der Waals surface area contributed by atoms with Gasteiger partial charge in [0, 0.05) is 42.7 Å². The zero-order valence-electron chi connectivity index (χ0n) is 19.2. The number of anilines is 3. The number of aromatic amines is 1. The van der Waals surface area contributed by atoms with E-state index < -0.39 is 0 Å². The van der Waals surface area contributed by atoms with Crippen LogP contribution in [0.15, 0.2) is 47.1 Å². The quantitative estimate of drug-likeness (QED) is 0.369. The number of hydrogen-bond acceptors (Lipinski definition) is 9. The Morgan fingerprint density at radius 3 is 2.80 bits per heavy atom. The molecule has 3 N–H and O–H groups in total. The van der Waals surface area contributed by atoms with E-state index in [2.05, 4.69) is 40.9 Å². The molecule has 1 aliphatic carbocycles. The summed E-state index contributed by atoms with van der Waals surface area (Å²) in [4.78, 5) is 28.7. The zero-order valence-corrected chi connectivity index (χ0v) is 19.2. The van der Waals surface area contributed by atoms with Gasteiger partial charge >= 0.3 is 0 Å². The molecule has 11 heteroatoms. The maximum atomic E-state index is 12.9. The number of H-pyrrole nitrogens is 1. The van der Waals surface area contributed by atoms with E-state index in [1.807, 2.05) is 37.3 Å². The summed E-state index contributed by atoms with van der Waals surface area (Å²) < 4.78 is 5.73. The standard InChI is InChI=1S/C24H25N9O2/c1-14-11-22(31-30-14)28-21-13-18(23(34)26-15-7-8-15)27-24(29-21)33-10-4-6-19(33)20-12-17(32-35-20)16-5-2-3-9-25-16/h2-3,5,9,11-13,15,19H,4,6-8,10H2,1H3,(H,26,34)(H2,27,28,29,30,31)/t19-/m0/s1. The molecule has 35 heavy (non-hydrogen) atoms. The van der Waals surface area contributed by atoms with Gasteiger partial charge in [0.2, 0.25) is 5.95 Å². The highest BCUT2D eigenvalue weighted by Gasteiger charge is 2.33. The van der Waals surface area contributed by atoms with Gasteiger partial charge in [-0.2, -0.15) is 10.1 Å². The van der Waals surface area contributed by atoms with Crippen LogP contribution in [0.25, 0.3) is 11.4 Å². The van der Waals surface area contributed by atoms with Crippen LogP contribution in [-0.4, -0.2) is 48.8 Å². The zero-order chi connectivity index (χ0) is 23.8. The number of pyridine rings is 1. The molecular formula is C24H25N9O2. The van der Waals surface area contributed by atoms with E-state index in [9.17, 15) is 4.79 Å². The van der Waals surface area contributed by atoms with E-state index in [1.165, 1.54) is 0 Å². The molecule has 0 aromatic carbocycles. The molecule has 4 aromatic rings. The first kappa shape index (κ1) is 21.3. The highest BCUT2D eigenvalue weighted by atomic mass is 16.5. The average Bonchev–Trinajstić information content (AvgIpc) is 3.24. The second-order valence-electron chi connectivity index (χ2n) is 8.93. The summed E-state index contributed by atoms with van der Waals surface area (Å²) in [6.45, 7) is 2.66. The molecule has 6 rings (SSSR count). The summed E-state index contributed by atoms with van der Waals surface area (Å²) in [5.74, 6) is 2.09. The normalized spacial score (nSPS) is 17.5. The van der Waals surface area contributed by atoms with Crippen LogP contribution in [-0.2, 0) is 0 Å². The van der Waals surface area contributed by atoms with Crippen LogP contribution >= 0.6 is 0 Å². The lowest BCUT2D eigenvalue weighted by atomic mass is 10.1. The molecule has 5 heterocycles. The van der Waals surface area contributed by atoms with Crippen LogP contribution in [0.2, 0.25) is 0 Å². The molecule has 1 amide bonds. The van der Waals surface area contributed by atoms with Crippen LogP contribution in [0, 0.1) is 6.92 Å². The van der Waals surface area contributed by atoms with E-state index in [0.717, 1.165) is 49.4 Å². The van der Waals surface area contributed by atoms with Gasteiger partial charge in [-0.1, -0.05) is 11.2 Å². The summed E-state index contributed by atoms with van der Waals surface area (Å²) in [6.07, 6.45) is 5.53. The Bertz CT molecular complexity index is 1350. The number of aryl methyl sites for hydroxylation is 1. The molecule has 0 bridgehead atoms. The van der Waals surface area contributed by atoms with Gasteiger partial charge in [-0.3, -0.25) is 14.9 Å². The number of hydrogen-bond donors (Lipinski definition) is 3. The topological polar surface area (TPSA) is 138 Å². The number of rotatable bonds is 7. The third-order valence-electron chi connectivity index (χ3n) is 6.12. The monoisotopic (exact) mass is 471 g/mol. The maximum Gasteiger partial charge on any atom is 0.270 e. The number of aromatic nitrogens is 6. The summed E-state index contributed by atoms with van der Waals surface area (Å²) in [5.41, 5.74) is 2.67. The second kappa shape index (κ2) is 8.82. The predicted molar refractivity (Wildman–Crippen MR) is 128 cm³/mol. The molecule has 1 saturated carbocycles. The van der Waals surface area contributed by atoms with Crippen LogP contribution in [0.1, 0.15) is 53.7 Å². The number of carbonyl (C=O) groups is 1. The molecule has 0 unspecified atom stereocenters. The molecule has 1 aliphatic heterocycles. The van der Waals surface area contributed by atoms with Gasteiger partial charge < -0.3 is 20.1 Å². The van der Waals surface area contributed by atoms with Crippen LogP contribution < -0.4 is 15.5 Å². The van der Waals surface area contributed by atoms with Crippen molar-refractivity contribution in [3.8, 4) is 11.4 Å². The molecule has 1 atom stereocenters. The number of nitrogens with zero attached hydrogens (tertiary/aromatic N) is 6. The van der Waals surface area contributed by atoms with Crippen LogP contribution in [0.3, 0.4) is 0 Å². The summed E-state index contributed by atoms with van der Waals surface area (Å²) in [7, 11) is 0. The third kappa shape index (κ3) is 4.57. The average molecular weight is 472 g/mol. The molecular weight excluding hydrogens is 446 g/mol. The van der Waals surface area contributed by atoms with Gasteiger partial charge in [0.1, 0.15) is 17.2 Å². The second-order valence-corrected chi connectivity index (χ2v) is 8.93. The first-order valence-electron chi connectivity index (χ1n) is 11.8. The van der Waals surface area contributed by atoms with Gasteiger partial charge in [0.25, 0.3) is 5.91 Å². The molecule has 0 spiro atoms. The van der Waals surface area contributed by atoms with E-state index in [4.69, 9.17) is 9.51 Å². The third-order valence-corrected chi connectivity index (χ3v) is 6.12. The van der Waals surface area contributed by atoms with Crippen molar-refractivity contribution in [1.82, 2.24) is 35.6 Å². The molecule has 2 fully saturated rings. The lowest BCUT2D eigenvalue weighted by Crippen LogP contribution is -2.29. The SMILES string of the molecule is Cc1cc(Nc2cc(C(=O)NC3CC3)nc(N3CCC[C@H]3c3cc(-c4ccccn4)no3)n2)n[nH]1. The number of nitrogens with one attached hydrogen (secondary N) is 3. The minimum atomic E-state index is -0.203. The van der Waals surface area contributed by atoms with Crippen molar-refractivity contribution in [2.24, 2.45) is 0 Å². The highest BCUT2D eigenvalue weighted by Crippen LogP contribution is 2.36. The van der Waals surface area contributed by atoms with E-state index in [1.54, 1.807) is 12.3 Å². The maximum absolute atomic E-state index is 12.9. The van der Waals surface area contributed by atoms with Crippen molar-refractivity contribution in [1.29, 1.82) is 0 Å². The molecule has 0 radical (unpaired) electrons. The summed E-state index contributed by atoms with van der Waals surface area (Å²) >= 11 is 0. The van der Waals surface area contributed by atoms with Crippen molar-refractivity contribution in [3.05, 3.63) is 59.7 Å². The molecule has 178 valence electrons. The van der Waals surface area contributed by atoms with Crippen molar-refractivity contribution in [2.45, 2.75) is 44.7 Å². The van der Waals surface area contributed by atoms with Gasteiger partial charge in [-0.15, -0.1) is 0 Å². The van der Waals surface area contributed by atoms with Crippen molar-refractivity contribution in [3.63, 3.8) is 0 Å². The number of amides is 1. The fourth-order valence-corrected chi connectivity index (χ4v) is 4.23. The lowest BCUT2D eigenvalue weighted by Gasteiger charge is -2.23. The Labute approximate surface area is 201 Å². The van der Waals surface area contributed by atoms with Crippen LogP contribution in [0.4, 0.5) is 17.6 Å². The smallest absolute Gasteiger partial charge is 0.270 e. The lowest BCUT2D eigenvalue weighted by molar-refractivity contribution is 0.0946. The minimum Gasteiger partial charge on any atom is -0.358 e. The van der Waals surface area contributed by atoms with Gasteiger partial charge in [-0.05, 0) is 44.7 Å². The van der Waals surface area contributed by atoms with Crippen molar-refractivity contribution < 1.29 is 9.32 Å². The Balaban J connectivity index is 1.32. The first-order valence-corrected chi connectivity index (χ1v) is 11.8. The van der Waals surface area contributed by atoms with Crippen LogP contribution in [0.5, 0.6) is 0 Å². The molecule has 4 aromatic heterocycles. The largest absolute Gasteiger partial charge is 0.358 e. The summed E-state index contributed by atoms with van der Waals surface area (Å²) in [6, 6.07) is 11.3.